The third-order valence-corrected chi connectivity index (χ3v) is 3.44. The van der Waals surface area contributed by atoms with Crippen molar-refractivity contribution in [1.29, 1.82) is 0 Å². The van der Waals surface area contributed by atoms with Gasteiger partial charge in [-0.2, -0.15) is 22.0 Å². The monoisotopic (exact) mass is 324 g/mol. The lowest BCUT2D eigenvalue weighted by atomic mass is 9.93. The van der Waals surface area contributed by atoms with Crippen LogP contribution < -0.4 is 0 Å². The summed E-state index contributed by atoms with van der Waals surface area (Å²) in [7, 11) is 0. The highest BCUT2D eigenvalue weighted by atomic mass is 19.4. The zero-order valence-corrected chi connectivity index (χ0v) is 11.4. The van der Waals surface area contributed by atoms with Gasteiger partial charge in [0, 0.05) is 0 Å². The lowest BCUT2D eigenvalue weighted by Crippen LogP contribution is -2.63. The van der Waals surface area contributed by atoms with Crippen LogP contribution in [0, 0.1) is 0 Å². The fourth-order valence-electron chi connectivity index (χ4n) is 1.59. The molecular weight excluding hydrogens is 310 g/mol. The van der Waals surface area contributed by atoms with Crippen LogP contribution in [0.5, 0.6) is 0 Å². The maximum atomic E-state index is 13.9. The Morgan fingerprint density at radius 2 is 1.81 bits per heavy atom. The Balaban J connectivity index is 3.13. The molecule has 1 N–H and O–H groups in total. The SMILES string of the molecule is CCC(C)(F)C(=O)OC1(C)COC(O)(C(F)(F)F)C1(F)F. The molecule has 0 saturated carbocycles. The smallest absolute Gasteiger partial charge is 0.448 e. The summed E-state index contributed by atoms with van der Waals surface area (Å²) in [5, 5.41) is 9.08. The standard InChI is InChI=1S/C11H14F6O4/c1-4-7(2,12)6(18)21-8(3)5-20-10(19,9(8,13)14)11(15,16)17/h19H,4-5H2,1-3H3. The van der Waals surface area contributed by atoms with Crippen LogP contribution in [0.25, 0.3) is 0 Å². The minimum Gasteiger partial charge on any atom is -0.448 e. The molecule has 0 spiro atoms. The second-order valence-corrected chi connectivity index (χ2v) is 5.18. The lowest BCUT2D eigenvalue weighted by molar-refractivity contribution is -0.409. The maximum absolute atomic E-state index is 13.9. The van der Waals surface area contributed by atoms with E-state index in [1.165, 1.54) is 6.92 Å². The van der Waals surface area contributed by atoms with E-state index in [4.69, 9.17) is 5.11 Å². The lowest BCUT2D eigenvalue weighted by Gasteiger charge is -2.36. The van der Waals surface area contributed by atoms with Gasteiger partial charge in [0.05, 0.1) is 6.61 Å². The van der Waals surface area contributed by atoms with E-state index in [0.29, 0.717) is 6.92 Å². The number of carbonyl (C=O) groups is 1. The van der Waals surface area contributed by atoms with Crippen molar-refractivity contribution in [1.82, 2.24) is 0 Å². The van der Waals surface area contributed by atoms with E-state index >= 15 is 0 Å². The summed E-state index contributed by atoms with van der Waals surface area (Å²) in [4.78, 5) is 11.5. The van der Waals surface area contributed by atoms with E-state index < -0.39 is 48.2 Å². The highest BCUT2D eigenvalue weighted by Crippen LogP contribution is 2.54. The number of ether oxygens (including phenoxy) is 2. The minimum absolute atomic E-state index is 0.431. The van der Waals surface area contributed by atoms with Crippen molar-refractivity contribution in [2.45, 2.75) is 56.3 Å². The Hall–Kier alpha value is -1.03. The maximum Gasteiger partial charge on any atom is 0.449 e. The van der Waals surface area contributed by atoms with Gasteiger partial charge in [0.2, 0.25) is 11.3 Å². The Morgan fingerprint density at radius 3 is 2.14 bits per heavy atom. The molecule has 0 aliphatic carbocycles. The van der Waals surface area contributed by atoms with Gasteiger partial charge in [0.1, 0.15) is 0 Å². The van der Waals surface area contributed by atoms with Gasteiger partial charge < -0.3 is 14.6 Å². The first kappa shape index (κ1) is 18.0. The highest BCUT2D eigenvalue weighted by molar-refractivity contribution is 5.79. The fraction of sp³-hybridized carbons (Fsp3) is 0.909. The van der Waals surface area contributed by atoms with Gasteiger partial charge >= 0.3 is 23.9 Å². The molecule has 4 nitrogen and oxygen atoms in total. The molecule has 1 aliphatic rings. The van der Waals surface area contributed by atoms with E-state index in [9.17, 15) is 31.1 Å². The number of alkyl halides is 6. The predicted molar refractivity (Wildman–Crippen MR) is 56.2 cm³/mol. The van der Waals surface area contributed by atoms with Crippen molar-refractivity contribution < 1.29 is 45.7 Å². The van der Waals surface area contributed by atoms with E-state index in [2.05, 4.69) is 9.47 Å². The third kappa shape index (κ3) is 2.48. The Morgan fingerprint density at radius 1 is 1.33 bits per heavy atom. The van der Waals surface area contributed by atoms with Crippen molar-refractivity contribution >= 4 is 5.97 Å². The van der Waals surface area contributed by atoms with Crippen molar-refractivity contribution in [3.63, 3.8) is 0 Å². The van der Waals surface area contributed by atoms with Crippen LogP contribution in [0.15, 0.2) is 0 Å². The van der Waals surface area contributed by atoms with Crippen LogP contribution in [0.4, 0.5) is 26.3 Å². The number of carbonyl (C=O) groups excluding carboxylic acids is 1. The van der Waals surface area contributed by atoms with Crippen LogP contribution in [-0.4, -0.2) is 46.8 Å². The molecule has 0 aromatic rings. The first-order valence-electron chi connectivity index (χ1n) is 5.88. The van der Waals surface area contributed by atoms with Crippen LogP contribution >= 0.6 is 0 Å². The fourth-order valence-corrected chi connectivity index (χ4v) is 1.59. The van der Waals surface area contributed by atoms with E-state index in [1.54, 1.807) is 0 Å². The summed E-state index contributed by atoms with van der Waals surface area (Å²) >= 11 is 0. The van der Waals surface area contributed by atoms with Crippen LogP contribution in [0.2, 0.25) is 0 Å². The molecule has 0 radical (unpaired) electrons. The number of halogens is 6. The van der Waals surface area contributed by atoms with E-state index in [-0.39, 0.29) is 0 Å². The van der Waals surface area contributed by atoms with Gasteiger partial charge in [-0.05, 0) is 20.3 Å². The Bertz CT molecular complexity index is 435. The summed E-state index contributed by atoms with van der Waals surface area (Å²) in [5.74, 6) is -11.6. The molecule has 3 unspecified atom stereocenters. The molecule has 1 aliphatic heterocycles. The van der Waals surface area contributed by atoms with Gasteiger partial charge in [-0.25, -0.2) is 9.18 Å². The van der Waals surface area contributed by atoms with Gasteiger partial charge in [-0.3, -0.25) is 0 Å². The topological polar surface area (TPSA) is 55.8 Å². The molecule has 1 saturated heterocycles. The van der Waals surface area contributed by atoms with Gasteiger partial charge in [-0.15, -0.1) is 0 Å². The normalized spacial score (nSPS) is 35.3. The number of rotatable bonds is 3. The molecule has 21 heavy (non-hydrogen) atoms. The molecule has 1 fully saturated rings. The van der Waals surface area contributed by atoms with Crippen molar-refractivity contribution in [3.05, 3.63) is 0 Å². The summed E-state index contributed by atoms with van der Waals surface area (Å²) in [5.41, 5.74) is -5.81. The predicted octanol–water partition coefficient (Wildman–Crippen LogP) is 2.34. The van der Waals surface area contributed by atoms with Crippen LogP contribution in [0.1, 0.15) is 27.2 Å². The molecule has 0 aromatic carbocycles. The average molecular weight is 324 g/mol. The third-order valence-electron chi connectivity index (χ3n) is 3.44. The summed E-state index contributed by atoms with van der Waals surface area (Å²) < 4.78 is 87.1. The first-order valence-corrected chi connectivity index (χ1v) is 5.88. The largest absolute Gasteiger partial charge is 0.449 e. The zero-order chi connectivity index (χ0) is 16.9. The molecule has 1 rings (SSSR count). The molecule has 1 heterocycles. The molecule has 0 bridgehead atoms. The van der Waals surface area contributed by atoms with Crippen LogP contribution in [0.3, 0.4) is 0 Å². The highest BCUT2D eigenvalue weighted by Gasteiger charge is 2.82. The van der Waals surface area contributed by atoms with Crippen molar-refractivity contribution in [3.8, 4) is 0 Å². The number of hydrogen-bond acceptors (Lipinski definition) is 4. The summed E-state index contributed by atoms with van der Waals surface area (Å²) in [6.45, 7) is 0.948. The van der Waals surface area contributed by atoms with Crippen molar-refractivity contribution in [2.75, 3.05) is 6.61 Å². The van der Waals surface area contributed by atoms with Crippen LogP contribution in [-0.2, 0) is 14.3 Å². The molecule has 3 atom stereocenters. The number of hydrogen-bond donors (Lipinski definition) is 1. The van der Waals surface area contributed by atoms with E-state index in [0.717, 1.165) is 6.92 Å². The summed E-state index contributed by atoms with van der Waals surface area (Å²) in [6.07, 6.45) is -6.26. The Kier molecular flexibility index (Phi) is 4.06. The van der Waals surface area contributed by atoms with Gasteiger partial charge in [0.25, 0.3) is 0 Å². The molecule has 0 aromatic heterocycles. The quantitative estimate of drug-likeness (QED) is 0.639. The molecule has 0 amide bonds. The second-order valence-electron chi connectivity index (χ2n) is 5.18. The summed E-state index contributed by atoms with van der Waals surface area (Å²) in [6, 6.07) is 0. The average Bonchev–Trinajstić information content (AvgIpc) is 2.50. The molecule has 10 heteroatoms. The number of esters is 1. The second kappa shape index (κ2) is 4.73. The van der Waals surface area contributed by atoms with Gasteiger partial charge in [0.15, 0.2) is 0 Å². The minimum atomic E-state index is -5.83. The Labute approximate surface area is 116 Å². The van der Waals surface area contributed by atoms with Crippen molar-refractivity contribution in [2.24, 2.45) is 0 Å². The van der Waals surface area contributed by atoms with E-state index in [1.807, 2.05) is 0 Å². The van der Waals surface area contributed by atoms with Gasteiger partial charge in [-0.1, -0.05) is 6.92 Å². The molecular formula is C11H14F6O4. The first-order chi connectivity index (χ1) is 9.15. The number of aliphatic hydroxyl groups is 1. The molecule has 124 valence electrons. The zero-order valence-electron chi connectivity index (χ0n) is 11.4.